The van der Waals surface area contributed by atoms with E-state index in [0.717, 1.165) is 13.1 Å². The molecule has 0 aromatic carbocycles. The number of rotatable bonds is 3. The third-order valence-electron chi connectivity index (χ3n) is 2.94. The molecule has 11 heavy (non-hydrogen) atoms. The fourth-order valence-corrected chi connectivity index (χ4v) is 1.89. The zero-order valence-corrected chi connectivity index (χ0v) is 7.69. The minimum Gasteiger partial charge on any atom is -0.327 e. The summed E-state index contributed by atoms with van der Waals surface area (Å²) < 4.78 is 0. The second-order valence-electron chi connectivity index (χ2n) is 3.93. The fraction of sp³-hybridized carbons (Fsp3) is 1.00. The number of hydrogen-bond acceptors (Lipinski definition) is 2. The van der Waals surface area contributed by atoms with Crippen LogP contribution in [-0.4, -0.2) is 19.1 Å². The molecule has 1 aliphatic carbocycles. The van der Waals surface area contributed by atoms with Gasteiger partial charge in [0, 0.05) is 12.6 Å². The lowest BCUT2D eigenvalue weighted by Crippen LogP contribution is -2.42. The second kappa shape index (κ2) is 3.55. The summed E-state index contributed by atoms with van der Waals surface area (Å²) in [4.78, 5) is 0. The quantitative estimate of drug-likeness (QED) is 0.642. The predicted molar refractivity (Wildman–Crippen MR) is 48.5 cm³/mol. The predicted octanol–water partition coefficient (Wildman–Crippen LogP) is 1.11. The maximum atomic E-state index is 6.01. The van der Waals surface area contributed by atoms with Crippen molar-refractivity contribution in [3.05, 3.63) is 0 Å². The Kier molecular flexibility index (Phi) is 2.90. The smallest absolute Gasteiger partial charge is 0.0105 e. The van der Waals surface area contributed by atoms with E-state index in [-0.39, 0.29) is 0 Å². The second-order valence-corrected chi connectivity index (χ2v) is 3.93. The molecule has 2 unspecified atom stereocenters. The summed E-state index contributed by atoms with van der Waals surface area (Å²) in [5, 5.41) is 3.38. The Balaban J connectivity index is 2.38. The molecular formula is C9H20N2. The molecule has 0 heterocycles. The molecule has 66 valence electrons. The molecule has 1 aliphatic rings. The van der Waals surface area contributed by atoms with E-state index in [1.54, 1.807) is 0 Å². The molecule has 2 nitrogen and oxygen atoms in total. The summed E-state index contributed by atoms with van der Waals surface area (Å²) in [5.41, 5.74) is 6.39. The van der Waals surface area contributed by atoms with Crippen LogP contribution in [0.2, 0.25) is 0 Å². The van der Waals surface area contributed by atoms with Gasteiger partial charge in [0.25, 0.3) is 0 Å². The van der Waals surface area contributed by atoms with E-state index in [1.165, 1.54) is 19.3 Å². The van der Waals surface area contributed by atoms with E-state index in [9.17, 15) is 0 Å². The van der Waals surface area contributed by atoms with Gasteiger partial charge in [-0.2, -0.15) is 0 Å². The molecule has 0 saturated heterocycles. The van der Waals surface area contributed by atoms with Crippen LogP contribution < -0.4 is 11.1 Å². The fourth-order valence-electron chi connectivity index (χ4n) is 1.89. The molecule has 0 spiro atoms. The lowest BCUT2D eigenvalue weighted by Gasteiger charge is -2.29. The van der Waals surface area contributed by atoms with Gasteiger partial charge in [-0.3, -0.25) is 0 Å². The van der Waals surface area contributed by atoms with Crippen LogP contribution >= 0.6 is 0 Å². The number of nitrogens with one attached hydrogen (secondary N) is 1. The summed E-state index contributed by atoms with van der Waals surface area (Å²) in [5.74, 6) is 0. The molecular weight excluding hydrogens is 136 g/mol. The van der Waals surface area contributed by atoms with E-state index in [0.29, 0.717) is 11.5 Å². The van der Waals surface area contributed by atoms with Crippen LogP contribution in [0.1, 0.15) is 33.1 Å². The minimum atomic E-state index is 0.371. The Bertz CT molecular complexity index is 125. The molecule has 3 N–H and O–H groups in total. The van der Waals surface area contributed by atoms with Crippen molar-refractivity contribution in [1.82, 2.24) is 5.32 Å². The van der Waals surface area contributed by atoms with Crippen molar-refractivity contribution in [2.24, 2.45) is 11.1 Å². The van der Waals surface area contributed by atoms with Crippen molar-refractivity contribution >= 4 is 0 Å². The van der Waals surface area contributed by atoms with Crippen LogP contribution in [0.15, 0.2) is 0 Å². The highest BCUT2D eigenvalue weighted by Gasteiger charge is 2.35. The van der Waals surface area contributed by atoms with Crippen molar-refractivity contribution < 1.29 is 0 Å². The van der Waals surface area contributed by atoms with Gasteiger partial charge in [0.05, 0.1) is 0 Å². The topological polar surface area (TPSA) is 38.0 Å². The van der Waals surface area contributed by atoms with Crippen molar-refractivity contribution in [3.63, 3.8) is 0 Å². The lowest BCUT2D eigenvalue weighted by atomic mass is 9.85. The first-order valence-corrected chi connectivity index (χ1v) is 4.65. The lowest BCUT2D eigenvalue weighted by molar-refractivity contribution is 0.280. The van der Waals surface area contributed by atoms with Gasteiger partial charge in [-0.1, -0.05) is 20.3 Å². The summed E-state index contributed by atoms with van der Waals surface area (Å²) in [7, 11) is 0. The zero-order chi connectivity index (χ0) is 8.32. The molecule has 0 radical (unpaired) electrons. The van der Waals surface area contributed by atoms with Gasteiger partial charge < -0.3 is 11.1 Å². The van der Waals surface area contributed by atoms with Crippen LogP contribution in [0.5, 0.6) is 0 Å². The molecule has 0 aromatic rings. The molecule has 1 saturated carbocycles. The standard InChI is InChI=1S/C9H20N2/c1-3-11-7-9(2)6-4-5-8(9)10/h8,11H,3-7,10H2,1-2H3. The van der Waals surface area contributed by atoms with Crippen molar-refractivity contribution in [2.75, 3.05) is 13.1 Å². The van der Waals surface area contributed by atoms with E-state index in [2.05, 4.69) is 19.2 Å². The van der Waals surface area contributed by atoms with Crippen LogP contribution in [0.3, 0.4) is 0 Å². The Morgan fingerprint density at radius 2 is 2.36 bits per heavy atom. The third-order valence-corrected chi connectivity index (χ3v) is 2.94. The van der Waals surface area contributed by atoms with Gasteiger partial charge >= 0.3 is 0 Å². The maximum Gasteiger partial charge on any atom is 0.0105 e. The first-order valence-electron chi connectivity index (χ1n) is 4.65. The SMILES string of the molecule is CCNCC1(C)CCCC1N. The summed E-state index contributed by atoms with van der Waals surface area (Å²) in [6.45, 7) is 6.59. The molecule has 1 fully saturated rings. The molecule has 0 aliphatic heterocycles. The molecule has 2 atom stereocenters. The van der Waals surface area contributed by atoms with Crippen LogP contribution in [0.4, 0.5) is 0 Å². The van der Waals surface area contributed by atoms with Crippen LogP contribution in [0, 0.1) is 5.41 Å². The first kappa shape index (κ1) is 9.01. The highest BCUT2D eigenvalue weighted by molar-refractivity contribution is 4.92. The van der Waals surface area contributed by atoms with Gasteiger partial charge in [0.1, 0.15) is 0 Å². The van der Waals surface area contributed by atoms with Crippen LogP contribution in [-0.2, 0) is 0 Å². The van der Waals surface area contributed by atoms with E-state index in [4.69, 9.17) is 5.73 Å². The monoisotopic (exact) mass is 156 g/mol. The maximum absolute atomic E-state index is 6.01. The van der Waals surface area contributed by atoms with Gasteiger partial charge in [0.2, 0.25) is 0 Å². The molecule has 2 heteroatoms. The van der Waals surface area contributed by atoms with E-state index in [1.807, 2.05) is 0 Å². The molecule has 0 aromatic heterocycles. The number of nitrogens with two attached hydrogens (primary N) is 1. The Labute approximate surface area is 69.5 Å². The van der Waals surface area contributed by atoms with Crippen molar-refractivity contribution in [2.45, 2.75) is 39.2 Å². The zero-order valence-electron chi connectivity index (χ0n) is 7.69. The van der Waals surface area contributed by atoms with Gasteiger partial charge in [0.15, 0.2) is 0 Å². The Hall–Kier alpha value is -0.0800. The summed E-state index contributed by atoms with van der Waals surface area (Å²) >= 11 is 0. The normalized spacial score (nSPS) is 37.9. The average Bonchev–Trinajstić information content (AvgIpc) is 2.30. The first-order chi connectivity index (χ1) is 5.19. The third kappa shape index (κ3) is 1.94. The van der Waals surface area contributed by atoms with Gasteiger partial charge in [-0.15, -0.1) is 0 Å². The molecule has 1 rings (SSSR count). The Morgan fingerprint density at radius 3 is 2.82 bits per heavy atom. The molecule has 0 amide bonds. The minimum absolute atomic E-state index is 0.371. The van der Waals surface area contributed by atoms with E-state index >= 15 is 0 Å². The van der Waals surface area contributed by atoms with Crippen molar-refractivity contribution in [1.29, 1.82) is 0 Å². The van der Waals surface area contributed by atoms with Crippen molar-refractivity contribution in [3.8, 4) is 0 Å². The summed E-state index contributed by atoms with van der Waals surface area (Å²) in [6, 6.07) is 0.418. The van der Waals surface area contributed by atoms with Crippen LogP contribution in [0.25, 0.3) is 0 Å². The summed E-state index contributed by atoms with van der Waals surface area (Å²) in [6.07, 6.45) is 3.81. The number of hydrogen-bond donors (Lipinski definition) is 2. The van der Waals surface area contributed by atoms with Gasteiger partial charge in [-0.05, 0) is 24.8 Å². The highest BCUT2D eigenvalue weighted by Crippen LogP contribution is 2.35. The van der Waals surface area contributed by atoms with E-state index < -0.39 is 0 Å². The largest absolute Gasteiger partial charge is 0.327 e. The van der Waals surface area contributed by atoms with Gasteiger partial charge in [-0.25, -0.2) is 0 Å². The molecule has 0 bridgehead atoms. The highest BCUT2D eigenvalue weighted by atomic mass is 14.9. The average molecular weight is 156 g/mol. The Morgan fingerprint density at radius 1 is 1.64 bits per heavy atom.